The maximum Gasteiger partial charge on any atom is 0.237 e. The molecule has 1 aromatic carbocycles. The summed E-state index contributed by atoms with van der Waals surface area (Å²) < 4.78 is 0. The van der Waals surface area contributed by atoms with Gasteiger partial charge in [-0.05, 0) is 44.6 Å². The predicted molar refractivity (Wildman–Crippen MR) is 72.9 cm³/mol. The average Bonchev–Trinajstić information content (AvgIpc) is 2.26. The lowest BCUT2D eigenvalue weighted by atomic mass is 9.97. The normalized spacial score (nSPS) is 14.3. The minimum Gasteiger partial charge on any atom is -0.368 e. The standard InChI is InChI=1S/C13H20N2OS/c1-10-4-6-11(7-5-10)17-9-3-8-13(2,15)12(14)16/h4-7H,3,8-9,15H2,1-2H3,(H2,14,16). The largest absolute Gasteiger partial charge is 0.368 e. The molecule has 4 heteroatoms. The fourth-order valence-electron chi connectivity index (χ4n) is 1.39. The molecular weight excluding hydrogens is 232 g/mol. The molecule has 0 radical (unpaired) electrons. The summed E-state index contributed by atoms with van der Waals surface area (Å²) in [4.78, 5) is 12.3. The first-order valence-corrected chi connectivity index (χ1v) is 6.68. The van der Waals surface area contributed by atoms with Gasteiger partial charge < -0.3 is 11.5 Å². The molecule has 0 spiro atoms. The maximum atomic E-state index is 11.0. The van der Waals surface area contributed by atoms with E-state index in [1.54, 1.807) is 18.7 Å². The van der Waals surface area contributed by atoms with Crippen molar-refractivity contribution in [2.24, 2.45) is 11.5 Å². The molecule has 0 fully saturated rings. The molecule has 94 valence electrons. The van der Waals surface area contributed by atoms with E-state index in [1.165, 1.54) is 10.5 Å². The molecule has 0 bridgehead atoms. The number of carbonyl (C=O) groups is 1. The highest BCUT2D eigenvalue weighted by Gasteiger charge is 2.24. The highest BCUT2D eigenvalue weighted by atomic mass is 32.2. The van der Waals surface area contributed by atoms with Crippen LogP contribution in [0.3, 0.4) is 0 Å². The molecule has 1 amide bonds. The Bertz CT molecular complexity index is 374. The van der Waals surface area contributed by atoms with Gasteiger partial charge in [0.05, 0.1) is 5.54 Å². The number of amides is 1. The van der Waals surface area contributed by atoms with Gasteiger partial charge in [-0.1, -0.05) is 17.7 Å². The van der Waals surface area contributed by atoms with E-state index in [1.807, 2.05) is 0 Å². The summed E-state index contributed by atoms with van der Waals surface area (Å²) in [7, 11) is 0. The van der Waals surface area contributed by atoms with E-state index in [9.17, 15) is 4.79 Å². The highest BCUT2D eigenvalue weighted by Crippen LogP contribution is 2.21. The predicted octanol–water partition coefficient (Wildman–Crippen LogP) is 2.07. The fraction of sp³-hybridized carbons (Fsp3) is 0.462. The minimum absolute atomic E-state index is 0.433. The second-order valence-electron chi connectivity index (χ2n) is 4.55. The van der Waals surface area contributed by atoms with E-state index in [4.69, 9.17) is 11.5 Å². The van der Waals surface area contributed by atoms with Crippen molar-refractivity contribution >= 4 is 17.7 Å². The average molecular weight is 252 g/mol. The highest BCUT2D eigenvalue weighted by molar-refractivity contribution is 7.99. The van der Waals surface area contributed by atoms with Crippen molar-refractivity contribution in [3.05, 3.63) is 29.8 Å². The molecule has 0 aromatic heterocycles. The topological polar surface area (TPSA) is 69.1 Å². The van der Waals surface area contributed by atoms with Crippen LogP contribution in [0.15, 0.2) is 29.2 Å². The van der Waals surface area contributed by atoms with Crippen molar-refractivity contribution in [3.8, 4) is 0 Å². The first kappa shape index (κ1) is 14.1. The van der Waals surface area contributed by atoms with E-state index in [0.717, 1.165) is 12.2 Å². The van der Waals surface area contributed by atoms with Crippen LogP contribution in [0, 0.1) is 6.92 Å². The summed E-state index contributed by atoms with van der Waals surface area (Å²) in [5.74, 6) is 0.515. The van der Waals surface area contributed by atoms with Crippen LogP contribution in [0.2, 0.25) is 0 Å². The van der Waals surface area contributed by atoms with Gasteiger partial charge in [0.2, 0.25) is 5.91 Å². The van der Waals surface area contributed by atoms with Gasteiger partial charge in [0.15, 0.2) is 0 Å². The number of aryl methyl sites for hydroxylation is 1. The number of hydrogen-bond donors (Lipinski definition) is 2. The molecule has 0 aliphatic heterocycles. The van der Waals surface area contributed by atoms with Crippen LogP contribution >= 0.6 is 11.8 Å². The van der Waals surface area contributed by atoms with Gasteiger partial charge in [0.1, 0.15) is 0 Å². The molecule has 1 atom stereocenters. The van der Waals surface area contributed by atoms with Crippen molar-refractivity contribution in [1.82, 2.24) is 0 Å². The second kappa shape index (κ2) is 6.07. The molecule has 3 nitrogen and oxygen atoms in total. The molecule has 0 aliphatic rings. The summed E-state index contributed by atoms with van der Waals surface area (Å²) >= 11 is 1.77. The van der Waals surface area contributed by atoms with E-state index < -0.39 is 11.4 Å². The third-order valence-corrected chi connectivity index (χ3v) is 3.79. The summed E-state index contributed by atoms with van der Waals surface area (Å²) in [5, 5.41) is 0. The quantitative estimate of drug-likeness (QED) is 0.601. The van der Waals surface area contributed by atoms with Gasteiger partial charge in [-0.2, -0.15) is 0 Å². The molecule has 1 unspecified atom stereocenters. The summed E-state index contributed by atoms with van der Waals surface area (Å²) in [5.41, 5.74) is 11.4. The third-order valence-electron chi connectivity index (χ3n) is 2.69. The molecule has 0 heterocycles. The Labute approximate surface area is 107 Å². The molecular formula is C13H20N2OS. The number of rotatable bonds is 6. The van der Waals surface area contributed by atoms with Crippen LogP contribution in [0.5, 0.6) is 0 Å². The monoisotopic (exact) mass is 252 g/mol. The smallest absolute Gasteiger partial charge is 0.237 e. The lowest BCUT2D eigenvalue weighted by molar-refractivity contribution is -0.122. The fourth-order valence-corrected chi connectivity index (χ4v) is 2.24. The summed E-state index contributed by atoms with van der Waals surface area (Å²) in [6, 6.07) is 8.41. The van der Waals surface area contributed by atoms with E-state index >= 15 is 0 Å². The Morgan fingerprint density at radius 3 is 2.47 bits per heavy atom. The summed E-state index contributed by atoms with van der Waals surface area (Å²) in [6.07, 6.45) is 1.51. The number of carbonyl (C=O) groups excluding carboxylic acids is 1. The van der Waals surface area contributed by atoms with Crippen molar-refractivity contribution in [2.75, 3.05) is 5.75 Å². The van der Waals surface area contributed by atoms with Crippen molar-refractivity contribution in [3.63, 3.8) is 0 Å². The Morgan fingerprint density at radius 2 is 1.94 bits per heavy atom. The first-order chi connectivity index (χ1) is 7.92. The van der Waals surface area contributed by atoms with Gasteiger partial charge in [-0.15, -0.1) is 11.8 Å². The molecule has 1 rings (SSSR count). The Balaban J connectivity index is 2.29. The number of thioether (sulfide) groups is 1. The van der Waals surface area contributed by atoms with Gasteiger partial charge in [-0.3, -0.25) is 4.79 Å². The number of benzene rings is 1. The lowest BCUT2D eigenvalue weighted by Gasteiger charge is -2.19. The van der Waals surface area contributed by atoms with Gasteiger partial charge in [0.25, 0.3) is 0 Å². The maximum absolute atomic E-state index is 11.0. The Kier molecular flexibility index (Phi) is 5.02. The van der Waals surface area contributed by atoms with Crippen LogP contribution in [0.4, 0.5) is 0 Å². The molecule has 17 heavy (non-hydrogen) atoms. The van der Waals surface area contributed by atoms with Crippen LogP contribution in [-0.2, 0) is 4.79 Å². The second-order valence-corrected chi connectivity index (χ2v) is 5.72. The van der Waals surface area contributed by atoms with Crippen LogP contribution < -0.4 is 11.5 Å². The number of primary amides is 1. The van der Waals surface area contributed by atoms with E-state index in [0.29, 0.717) is 6.42 Å². The molecule has 0 saturated carbocycles. The van der Waals surface area contributed by atoms with Gasteiger partial charge in [-0.25, -0.2) is 0 Å². The van der Waals surface area contributed by atoms with E-state index in [2.05, 4.69) is 31.2 Å². The Morgan fingerprint density at radius 1 is 1.35 bits per heavy atom. The van der Waals surface area contributed by atoms with Gasteiger partial charge >= 0.3 is 0 Å². The SMILES string of the molecule is Cc1ccc(SCCCC(C)(N)C(N)=O)cc1. The van der Waals surface area contributed by atoms with Crippen molar-refractivity contribution in [1.29, 1.82) is 0 Å². The molecule has 1 aromatic rings. The van der Waals surface area contributed by atoms with Crippen LogP contribution in [0.1, 0.15) is 25.3 Å². The zero-order valence-electron chi connectivity index (χ0n) is 10.4. The number of hydrogen-bond acceptors (Lipinski definition) is 3. The zero-order chi connectivity index (χ0) is 12.9. The first-order valence-electron chi connectivity index (χ1n) is 5.70. The number of nitrogens with two attached hydrogens (primary N) is 2. The minimum atomic E-state index is -0.881. The molecule has 0 saturated heterocycles. The van der Waals surface area contributed by atoms with Crippen molar-refractivity contribution < 1.29 is 4.79 Å². The molecule has 4 N–H and O–H groups in total. The third kappa shape index (κ3) is 4.79. The lowest BCUT2D eigenvalue weighted by Crippen LogP contribution is -2.49. The Hall–Kier alpha value is -1.00. The van der Waals surface area contributed by atoms with Crippen LogP contribution in [0.25, 0.3) is 0 Å². The van der Waals surface area contributed by atoms with E-state index in [-0.39, 0.29) is 0 Å². The summed E-state index contributed by atoms with van der Waals surface area (Å²) in [6.45, 7) is 3.76. The van der Waals surface area contributed by atoms with Gasteiger partial charge in [0, 0.05) is 4.90 Å². The zero-order valence-corrected chi connectivity index (χ0v) is 11.2. The van der Waals surface area contributed by atoms with Crippen LogP contribution in [-0.4, -0.2) is 17.2 Å². The van der Waals surface area contributed by atoms with Crippen molar-refractivity contribution in [2.45, 2.75) is 37.1 Å². The molecule has 0 aliphatic carbocycles.